The molecule has 4 aromatic carbocycles. The number of hydrogen-bond acceptors (Lipinski definition) is 2. The van der Waals surface area contributed by atoms with E-state index in [1.165, 1.54) is 22.3 Å². The van der Waals surface area contributed by atoms with Gasteiger partial charge < -0.3 is 4.74 Å². The van der Waals surface area contributed by atoms with Crippen LogP contribution < -0.4 is 4.90 Å². The molecule has 2 aliphatic rings. The van der Waals surface area contributed by atoms with Crippen LogP contribution in [-0.2, 0) is 4.74 Å². The van der Waals surface area contributed by atoms with E-state index in [4.69, 9.17) is 4.74 Å². The average molecular weight is 508 g/mol. The SMILES string of the molecule is O=C(OCC1c2ccccc2-c2ccccc21)N1c2ccccc2C=C[C@@H]1c1cccc(Br)c1. The normalized spacial score (nSPS) is 16.0. The van der Waals surface area contributed by atoms with Crippen LogP contribution >= 0.6 is 15.9 Å². The van der Waals surface area contributed by atoms with E-state index in [1.54, 1.807) is 4.90 Å². The van der Waals surface area contributed by atoms with Gasteiger partial charge >= 0.3 is 6.09 Å². The molecule has 0 fully saturated rings. The van der Waals surface area contributed by atoms with Gasteiger partial charge in [-0.2, -0.15) is 0 Å². The van der Waals surface area contributed by atoms with Crippen molar-refractivity contribution in [2.24, 2.45) is 0 Å². The van der Waals surface area contributed by atoms with Crippen LogP contribution in [0.25, 0.3) is 17.2 Å². The van der Waals surface area contributed by atoms with Crippen molar-refractivity contribution >= 4 is 33.8 Å². The van der Waals surface area contributed by atoms with Crippen LogP contribution in [-0.4, -0.2) is 12.7 Å². The standard InChI is InChI=1S/C30H22BrNO2/c31-22-10-7-9-21(18-22)29-17-16-20-8-1-6-15-28(20)32(29)30(33)34-19-27-25-13-4-2-11-23(25)24-12-3-5-14-26(24)27/h1-18,27,29H,19H2/t29-/m1/s1. The number of halogens is 1. The number of para-hydroxylation sites is 1. The van der Waals surface area contributed by atoms with Crippen LogP contribution in [0.4, 0.5) is 10.5 Å². The Balaban J connectivity index is 1.33. The maximum absolute atomic E-state index is 13.7. The van der Waals surface area contributed by atoms with Crippen molar-refractivity contribution in [1.82, 2.24) is 0 Å². The highest BCUT2D eigenvalue weighted by atomic mass is 79.9. The Hall–Kier alpha value is -3.63. The molecule has 0 saturated carbocycles. The van der Waals surface area contributed by atoms with E-state index in [0.29, 0.717) is 6.61 Å². The largest absolute Gasteiger partial charge is 0.448 e. The zero-order valence-electron chi connectivity index (χ0n) is 18.4. The molecule has 0 saturated heterocycles. The van der Waals surface area contributed by atoms with Crippen LogP contribution in [0.5, 0.6) is 0 Å². The fraction of sp³-hybridized carbons (Fsp3) is 0.100. The zero-order chi connectivity index (χ0) is 23.1. The van der Waals surface area contributed by atoms with Gasteiger partial charge in [0.25, 0.3) is 0 Å². The van der Waals surface area contributed by atoms with Crippen LogP contribution in [0.1, 0.15) is 34.2 Å². The molecule has 0 bridgehead atoms. The topological polar surface area (TPSA) is 29.5 Å². The summed E-state index contributed by atoms with van der Waals surface area (Å²) in [6.07, 6.45) is 3.79. The lowest BCUT2D eigenvalue weighted by atomic mass is 9.97. The number of nitrogens with zero attached hydrogens (tertiary/aromatic N) is 1. The fourth-order valence-electron chi connectivity index (χ4n) is 5.10. The van der Waals surface area contributed by atoms with E-state index in [2.05, 4.69) is 76.6 Å². The van der Waals surface area contributed by atoms with Gasteiger partial charge in [0.1, 0.15) is 6.61 Å². The molecule has 1 amide bonds. The Kier molecular flexibility index (Phi) is 5.31. The maximum Gasteiger partial charge on any atom is 0.415 e. The van der Waals surface area contributed by atoms with Crippen molar-refractivity contribution in [3.63, 3.8) is 0 Å². The molecule has 0 unspecified atom stereocenters. The molecule has 0 spiro atoms. The molecule has 1 heterocycles. The number of carbonyl (C=O) groups excluding carboxylic acids is 1. The van der Waals surface area contributed by atoms with Gasteiger partial charge in [0.15, 0.2) is 0 Å². The minimum Gasteiger partial charge on any atom is -0.448 e. The zero-order valence-corrected chi connectivity index (χ0v) is 20.0. The predicted molar refractivity (Wildman–Crippen MR) is 140 cm³/mol. The lowest BCUT2D eigenvalue weighted by molar-refractivity contribution is 0.149. The summed E-state index contributed by atoms with van der Waals surface area (Å²) >= 11 is 3.56. The van der Waals surface area contributed by atoms with Crippen molar-refractivity contribution in [2.75, 3.05) is 11.5 Å². The summed E-state index contributed by atoms with van der Waals surface area (Å²) in [5.74, 6) is 0.0243. The third kappa shape index (κ3) is 3.55. The van der Waals surface area contributed by atoms with Crippen LogP contribution in [0, 0.1) is 0 Å². The second-order valence-electron chi connectivity index (χ2n) is 8.59. The molecule has 4 aromatic rings. The van der Waals surface area contributed by atoms with Crippen molar-refractivity contribution in [1.29, 1.82) is 0 Å². The minimum absolute atomic E-state index is 0.0243. The monoisotopic (exact) mass is 507 g/mol. The summed E-state index contributed by atoms with van der Waals surface area (Å²) < 4.78 is 7.04. The van der Waals surface area contributed by atoms with Gasteiger partial charge in [-0.15, -0.1) is 0 Å². The lowest BCUT2D eigenvalue weighted by Crippen LogP contribution is -2.37. The number of fused-ring (bicyclic) bond motifs is 4. The van der Waals surface area contributed by atoms with E-state index in [1.807, 2.05) is 48.5 Å². The van der Waals surface area contributed by atoms with E-state index in [0.717, 1.165) is 21.3 Å². The van der Waals surface area contributed by atoms with E-state index in [9.17, 15) is 4.79 Å². The van der Waals surface area contributed by atoms with Crippen molar-refractivity contribution < 1.29 is 9.53 Å². The molecule has 1 atom stereocenters. The van der Waals surface area contributed by atoms with Gasteiger partial charge in [0.05, 0.1) is 11.7 Å². The number of hydrogen-bond donors (Lipinski definition) is 0. The van der Waals surface area contributed by atoms with Gasteiger partial charge in [-0.1, -0.05) is 107 Å². The first-order valence-electron chi connectivity index (χ1n) is 11.4. The molecule has 0 aromatic heterocycles. The molecule has 1 aliphatic heterocycles. The fourth-order valence-corrected chi connectivity index (χ4v) is 5.52. The molecular formula is C30H22BrNO2. The Bertz CT molecular complexity index is 1380. The van der Waals surface area contributed by atoms with Crippen molar-refractivity contribution in [3.8, 4) is 11.1 Å². The molecule has 1 aliphatic carbocycles. The molecule has 0 N–H and O–H groups in total. The summed E-state index contributed by atoms with van der Waals surface area (Å²) in [7, 11) is 0. The minimum atomic E-state index is -0.344. The average Bonchev–Trinajstić information content (AvgIpc) is 3.20. The molecule has 0 radical (unpaired) electrons. The van der Waals surface area contributed by atoms with Gasteiger partial charge in [0.2, 0.25) is 0 Å². The Labute approximate surface area is 207 Å². The number of anilines is 1. The van der Waals surface area contributed by atoms with E-state index < -0.39 is 0 Å². The first kappa shape index (κ1) is 20.9. The second kappa shape index (κ2) is 8.62. The quantitative estimate of drug-likeness (QED) is 0.281. The highest BCUT2D eigenvalue weighted by Crippen LogP contribution is 2.45. The van der Waals surface area contributed by atoms with Gasteiger partial charge in [-0.3, -0.25) is 4.90 Å². The highest BCUT2D eigenvalue weighted by Gasteiger charge is 2.33. The third-order valence-corrected chi connectivity index (χ3v) is 7.15. The maximum atomic E-state index is 13.7. The highest BCUT2D eigenvalue weighted by molar-refractivity contribution is 9.10. The first-order chi connectivity index (χ1) is 16.7. The van der Waals surface area contributed by atoms with E-state index in [-0.39, 0.29) is 18.1 Å². The molecule has 34 heavy (non-hydrogen) atoms. The molecule has 4 heteroatoms. The second-order valence-corrected chi connectivity index (χ2v) is 9.51. The Morgan fingerprint density at radius 1 is 0.824 bits per heavy atom. The summed E-state index contributed by atoms with van der Waals surface area (Å²) in [4.78, 5) is 15.4. The van der Waals surface area contributed by atoms with Crippen molar-refractivity contribution in [3.05, 3.63) is 130 Å². The summed E-state index contributed by atoms with van der Waals surface area (Å²) in [6, 6.07) is 32.5. The van der Waals surface area contributed by atoms with Gasteiger partial charge in [0, 0.05) is 10.4 Å². The van der Waals surface area contributed by atoms with Crippen LogP contribution in [0.15, 0.2) is 108 Å². The Morgan fingerprint density at radius 2 is 1.50 bits per heavy atom. The first-order valence-corrected chi connectivity index (χ1v) is 12.2. The van der Waals surface area contributed by atoms with Crippen molar-refractivity contribution in [2.45, 2.75) is 12.0 Å². The number of ether oxygens (including phenoxy) is 1. The number of benzene rings is 4. The molecule has 166 valence electrons. The summed E-state index contributed by atoms with van der Waals surface area (Å²) in [6.45, 7) is 0.292. The summed E-state index contributed by atoms with van der Waals surface area (Å²) in [5, 5.41) is 0. The van der Waals surface area contributed by atoms with Gasteiger partial charge in [-0.25, -0.2) is 4.79 Å². The number of amides is 1. The van der Waals surface area contributed by atoms with Crippen LogP contribution in [0.3, 0.4) is 0 Å². The number of carbonyl (C=O) groups is 1. The summed E-state index contributed by atoms with van der Waals surface area (Å²) in [5.41, 5.74) is 7.73. The lowest BCUT2D eigenvalue weighted by Gasteiger charge is -2.33. The van der Waals surface area contributed by atoms with Gasteiger partial charge in [-0.05, 0) is 51.6 Å². The molecule has 6 rings (SSSR count). The molecular weight excluding hydrogens is 486 g/mol. The smallest absolute Gasteiger partial charge is 0.415 e. The number of rotatable bonds is 3. The third-order valence-electron chi connectivity index (χ3n) is 6.66. The van der Waals surface area contributed by atoms with E-state index >= 15 is 0 Å². The van der Waals surface area contributed by atoms with Crippen LogP contribution in [0.2, 0.25) is 0 Å². The predicted octanol–water partition coefficient (Wildman–Crippen LogP) is 7.97. The molecule has 3 nitrogen and oxygen atoms in total. The Morgan fingerprint density at radius 3 is 2.24 bits per heavy atom.